The number of anilines is 1. The molecule has 0 spiro atoms. The minimum absolute atomic E-state index is 0.322. The van der Waals surface area contributed by atoms with Crippen molar-refractivity contribution >= 4 is 11.6 Å². The highest BCUT2D eigenvalue weighted by Gasteiger charge is 2.25. The van der Waals surface area contributed by atoms with Gasteiger partial charge in [0.15, 0.2) is 0 Å². The molecule has 1 amide bonds. The Morgan fingerprint density at radius 2 is 1.71 bits per heavy atom. The summed E-state index contributed by atoms with van der Waals surface area (Å²) in [5, 5.41) is 0. The van der Waals surface area contributed by atoms with E-state index in [4.69, 9.17) is 5.73 Å². The van der Waals surface area contributed by atoms with E-state index in [1.165, 1.54) is 50.9 Å². The zero-order valence-corrected chi connectivity index (χ0v) is 19.9. The summed E-state index contributed by atoms with van der Waals surface area (Å²) in [5.41, 5.74) is 12.2. The van der Waals surface area contributed by atoms with Crippen molar-refractivity contribution in [2.45, 2.75) is 65.3 Å². The lowest BCUT2D eigenvalue weighted by molar-refractivity contribution is 0.1000. The number of unbranched alkanes of at least 4 members (excludes halogenated alkanes) is 2. The Kier molecular flexibility index (Phi) is 8.19. The Hall–Kier alpha value is -2.27. The Balaban J connectivity index is 2.02. The summed E-state index contributed by atoms with van der Waals surface area (Å²) in [4.78, 5) is 17.2. The van der Waals surface area contributed by atoms with Gasteiger partial charge >= 0.3 is 0 Å². The predicted molar refractivity (Wildman–Crippen MR) is 131 cm³/mol. The van der Waals surface area contributed by atoms with Gasteiger partial charge in [0.1, 0.15) is 0 Å². The number of carbonyl (C=O) groups excluding carboxylic acids is 1. The summed E-state index contributed by atoms with van der Waals surface area (Å²) >= 11 is 0. The molecule has 2 heterocycles. The second-order valence-electron chi connectivity index (χ2n) is 9.10. The highest BCUT2D eigenvalue weighted by molar-refractivity contribution is 6.02. The van der Waals surface area contributed by atoms with E-state index >= 15 is 0 Å². The highest BCUT2D eigenvalue weighted by Crippen LogP contribution is 2.35. The minimum atomic E-state index is -0.322. The number of primary amides is 1. The summed E-state index contributed by atoms with van der Waals surface area (Å²) in [7, 11) is 4.09. The normalized spacial score (nSPS) is 14.7. The van der Waals surface area contributed by atoms with Crippen LogP contribution in [0.5, 0.6) is 0 Å². The Morgan fingerprint density at radius 1 is 1.03 bits per heavy atom. The number of aromatic nitrogens is 1. The van der Waals surface area contributed by atoms with Gasteiger partial charge in [-0.3, -0.25) is 4.79 Å². The van der Waals surface area contributed by atoms with Crippen LogP contribution < -0.4 is 10.6 Å². The number of benzene rings is 1. The third-order valence-electron chi connectivity index (χ3n) is 6.66. The highest BCUT2D eigenvalue weighted by atomic mass is 16.1. The summed E-state index contributed by atoms with van der Waals surface area (Å²) in [6, 6.07) is 8.51. The molecule has 2 aromatic rings. The lowest BCUT2D eigenvalue weighted by atomic mass is 9.97. The van der Waals surface area contributed by atoms with Crippen LogP contribution in [-0.2, 0) is 13.0 Å². The van der Waals surface area contributed by atoms with Gasteiger partial charge in [-0.15, -0.1) is 0 Å². The molecule has 5 heteroatoms. The van der Waals surface area contributed by atoms with Crippen molar-refractivity contribution in [1.82, 2.24) is 9.47 Å². The van der Waals surface area contributed by atoms with Gasteiger partial charge in [0.25, 0.3) is 5.91 Å². The van der Waals surface area contributed by atoms with Crippen LogP contribution in [0.2, 0.25) is 0 Å². The molecule has 31 heavy (non-hydrogen) atoms. The summed E-state index contributed by atoms with van der Waals surface area (Å²) in [6.07, 6.45) is 8.43. The number of amides is 1. The second kappa shape index (κ2) is 10.9. The van der Waals surface area contributed by atoms with Crippen molar-refractivity contribution in [3.63, 3.8) is 0 Å². The van der Waals surface area contributed by atoms with Gasteiger partial charge in [-0.05, 0) is 63.4 Å². The first-order chi connectivity index (χ1) is 14.9. The lowest BCUT2D eigenvalue weighted by Gasteiger charge is -2.27. The first-order valence-corrected chi connectivity index (χ1v) is 12.0. The lowest BCUT2D eigenvalue weighted by Crippen LogP contribution is -2.33. The molecule has 1 fully saturated rings. The zero-order valence-electron chi connectivity index (χ0n) is 19.9. The molecule has 2 N–H and O–H groups in total. The molecule has 5 nitrogen and oxygen atoms in total. The number of nitrogens with zero attached hydrogens (tertiary/aromatic N) is 3. The van der Waals surface area contributed by atoms with Crippen LogP contribution in [-0.4, -0.2) is 49.1 Å². The smallest absolute Gasteiger partial charge is 0.251 e. The molecular formula is C26H40N4O. The van der Waals surface area contributed by atoms with Gasteiger partial charge in [0.05, 0.1) is 5.56 Å². The van der Waals surface area contributed by atoms with Gasteiger partial charge in [-0.1, -0.05) is 38.3 Å². The van der Waals surface area contributed by atoms with Crippen molar-refractivity contribution in [3.05, 3.63) is 41.2 Å². The monoisotopic (exact) mass is 424 g/mol. The summed E-state index contributed by atoms with van der Waals surface area (Å²) < 4.78 is 2.39. The molecule has 1 saturated heterocycles. The Morgan fingerprint density at radius 3 is 2.29 bits per heavy atom. The molecule has 170 valence electrons. The average molecular weight is 425 g/mol. The number of likely N-dealkylation sites (tertiary alicyclic amines) is 1. The van der Waals surface area contributed by atoms with Crippen molar-refractivity contribution < 1.29 is 4.79 Å². The molecule has 1 aromatic heterocycles. The Bertz CT molecular complexity index is 861. The van der Waals surface area contributed by atoms with Crippen LogP contribution >= 0.6 is 0 Å². The number of nitrogens with two attached hydrogens (primary N) is 1. The van der Waals surface area contributed by atoms with E-state index < -0.39 is 0 Å². The van der Waals surface area contributed by atoms with Crippen LogP contribution in [0.15, 0.2) is 24.3 Å². The van der Waals surface area contributed by atoms with E-state index in [2.05, 4.69) is 52.5 Å². The molecule has 0 radical (unpaired) electrons. The van der Waals surface area contributed by atoms with Crippen molar-refractivity contribution in [2.24, 2.45) is 5.73 Å². The topological polar surface area (TPSA) is 54.5 Å². The van der Waals surface area contributed by atoms with E-state index in [1.807, 2.05) is 14.1 Å². The van der Waals surface area contributed by atoms with Gasteiger partial charge in [0, 0.05) is 49.8 Å². The third kappa shape index (κ3) is 5.51. The summed E-state index contributed by atoms with van der Waals surface area (Å²) in [6.45, 7) is 8.63. The van der Waals surface area contributed by atoms with E-state index in [9.17, 15) is 4.79 Å². The summed E-state index contributed by atoms with van der Waals surface area (Å²) in [5.74, 6) is -0.322. The van der Waals surface area contributed by atoms with Gasteiger partial charge in [-0.2, -0.15) is 0 Å². The SMILES string of the molecule is CCCCCc1c(-c2ccc(N(C)C)cc2)c(C(N)=O)c(C)n1CCN1CCCCC1. The third-order valence-corrected chi connectivity index (χ3v) is 6.66. The van der Waals surface area contributed by atoms with Gasteiger partial charge in [0.2, 0.25) is 0 Å². The Labute approximate surface area is 188 Å². The molecular weight excluding hydrogens is 384 g/mol. The molecule has 0 bridgehead atoms. The number of hydrogen-bond donors (Lipinski definition) is 1. The second-order valence-corrected chi connectivity index (χ2v) is 9.10. The fourth-order valence-corrected chi connectivity index (χ4v) is 4.87. The number of piperidine rings is 1. The van der Waals surface area contributed by atoms with Crippen molar-refractivity contribution in [1.29, 1.82) is 0 Å². The number of hydrogen-bond acceptors (Lipinski definition) is 3. The van der Waals surface area contributed by atoms with E-state index in [0.29, 0.717) is 5.56 Å². The average Bonchev–Trinajstić information content (AvgIpc) is 3.04. The van der Waals surface area contributed by atoms with E-state index in [0.717, 1.165) is 48.4 Å². The van der Waals surface area contributed by atoms with Crippen LogP contribution in [0.25, 0.3) is 11.1 Å². The van der Waals surface area contributed by atoms with Crippen LogP contribution in [0.1, 0.15) is 67.2 Å². The molecule has 3 rings (SSSR count). The molecule has 1 aliphatic rings. The van der Waals surface area contributed by atoms with E-state index in [1.54, 1.807) is 0 Å². The standard InChI is InChI=1S/C26H40N4O/c1-5-6-8-11-23-25(21-12-14-22(15-13-21)28(3)4)24(26(27)31)20(2)30(23)19-18-29-16-9-7-10-17-29/h12-15H,5-11,16-19H2,1-4H3,(H2,27,31). The number of carbonyl (C=O) groups is 1. The molecule has 0 unspecified atom stereocenters. The van der Waals surface area contributed by atoms with Gasteiger partial charge < -0.3 is 20.1 Å². The molecule has 1 aromatic carbocycles. The van der Waals surface area contributed by atoms with Gasteiger partial charge in [-0.25, -0.2) is 0 Å². The fourth-order valence-electron chi connectivity index (χ4n) is 4.87. The molecule has 0 atom stereocenters. The quantitative estimate of drug-likeness (QED) is 0.555. The molecule has 0 aliphatic carbocycles. The maximum absolute atomic E-state index is 12.6. The zero-order chi connectivity index (χ0) is 22.4. The van der Waals surface area contributed by atoms with Crippen LogP contribution in [0, 0.1) is 6.92 Å². The largest absolute Gasteiger partial charge is 0.378 e. The van der Waals surface area contributed by atoms with Crippen molar-refractivity contribution in [3.8, 4) is 11.1 Å². The molecule has 1 aliphatic heterocycles. The first-order valence-electron chi connectivity index (χ1n) is 12.0. The maximum Gasteiger partial charge on any atom is 0.251 e. The van der Waals surface area contributed by atoms with E-state index in [-0.39, 0.29) is 5.91 Å². The minimum Gasteiger partial charge on any atom is -0.378 e. The molecule has 0 saturated carbocycles. The predicted octanol–water partition coefficient (Wildman–Crippen LogP) is 4.85. The van der Waals surface area contributed by atoms with Crippen molar-refractivity contribution in [2.75, 3.05) is 38.6 Å². The van der Waals surface area contributed by atoms with Crippen LogP contribution in [0.3, 0.4) is 0 Å². The maximum atomic E-state index is 12.6. The van der Waals surface area contributed by atoms with Crippen LogP contribution in [0.4, 0.5) is 5.69 Å². The first kappa shape index (κ1) is 23.4. The fraction of sp³-hybridized carbons (Fsp3) is 0.577. The number of rotatable bonds is 10.